The molecule has 3 aromatic carbocycles. The van der Waals surface area contributed by atoms with E-state index in [0.29, 0.717) is 34.6 Å². The van der Waals surface area contributed by atoms with Crippen LogP contribution in [0.5, 0.6) is 17.2 Å². The van der Waals surface area contributed by atoms with Crippen molar-refractivity contribution in [3.8, 4) is 17.2 Å². The van der Waals surface area contributed by atoms with E-state index in [2.05, 4.69) is 5.32 Å². The van der Waals surface area contributed by atoms with Crippen LogP contribution in [0.15, 0.2) is 54.6 Å². The molecule has 0 aliphatic carbocycles. The molecule has 35 heavy (non-hydrogen) atoms. The first-order valence-electron chi connectivity index (χ1n) is 10.5. The Kier molecular flexibility index (Phi) is 9.13. The van der Waals surface area contributed by atoms with Crippen LogP contribution < -0.4 is 49.5 Å². The van der Waals surface area contributed by atoms with E-state index in [0.717, 1.165) is 6.07 Å². The zero-order valence-electron chi connectivity index (χ0n) is 18.8. The summed E-state index contributed by atoms with van der Waals surface area (Å²) in [7, 11) is 0. The molecule has 0 aromatic heterocycles. The fourth-order valence-electron chi connectivity index (χ4n) is 3.65. The van der Waals surface area contributed by atoms with E-state index in [-0.39, 0.29) is 65.8 Å². The van der Waals surface area contributed by atoms with Crippen LogP contribution in [-0.2, 0) is 11.2 Å². The zero-order chi connectivity index (χ0) is 24.2. The van der Waals surface area contributed by atoms with Crippen molar-refractivity contribution < 1.29 is 62.5 Å². The summed E-state index contributed by atoms with van der Waals surface area (Å²) in [6.45, 7) is 0.418. The van der Waals surface area contributed by atoms with Gasteiger partial charge in [0.05, 0.1) is 11.6 Å². The Morgan fingerprint density at radius 2 is 1.86 bits per heavy atom. The number of hydrogen-bond acceptors (Lipinski definition) is 5. The van der Waals surface area contributed by atoms with Crippen LogP contribution in [0.4, 0.5) is 8.78 Å². The molecule has 176 valence electrons. The Bertz CT molecular complexity index is 1240. The van der Waals surface area contributed by atoms with Crippen LogP contribution in [0.1, 0.15) is 33.8 Å². The van der Waals surface area contributed by atoms with Crippen molar-refractivity contribution in [2.24, 2.45) is 0 Å². The maximum Gasteiger partial charge on any atom is 1.00 e. The molecule has 10 heteroatoms. The molecular weight excluding hydrogens is 491 g/mol. The quantitative estimate of drug-likeness (QED) is 0.480. The van der Waals surface area contributed by atoms with Gasteiger partial charge in [-0.15, -0.1) is 0 Å². The molecule has 0 saturated heterocycles. The van der Waals surface area contributed by atoms with Crippen molar-refractivity contribution in [1.82, 2.24) is 5.32 Å². The second-order valence-corrected chi connectivity index (χ2v) is 8.10. The van der Waals surface area contributed by atoms with E-state index in [4.69, 9.17) is 21.1 Å². The largest absolute Gasteiger partial charge is 1.00 e. The van der Waals surface area contributed by atoms with Crippen molar-refractivity contribution in [2.45, 2.75) is 18.8 Å². The third-order valence-corrected chi connectivity index (χ3v) is 5.72. The first kappa shape index (κ1) is 26.9. The average Bonchev–Trinajstić information content (AvgIpc) is 2.81. The van der Waals surface area contributed by atoms with Gasteiger partial charge in [-0.1, -0.05) is 17.7 Å². The molecule has 3 aromatic rings. The number of halogens is 3. The van der Waals surface area contributed by atoms with E-state index >= 15 is 0 Å². The predicted molar refractivity (Wildman–Crippen MR) is 118 cm³/mol. The molecular formula is C25H19ClF2NNaO5. The molecule has 1 atom stereocenters. The molecule has 1 aliphatic rings. The van der Waals surface area contributed by atoms with E-state index in [9.17, 15) is 23.5 Å². The fraction of sp³-hybridized carbons (Fsp3) is 0.200. The number of hydrogen-bond donors (Lipinski definition) is 1. The summed E-state index contributed by atoms with van der Waals surface area (Å²) in [6, 6.07) is 12.6. The van der Waals surface area contributed by atoms with Gasteiger partial charge in [0.2, 0.25) is 0 Å². The fourth-order valence-corrected chi connectivity index (χ4v) is 3.86. The summed E-state index contributed by atoms with van der Waals surface area (Å²) in [5.74, 6) is -2.61. The third kappa shape index (κ3) is 6.52. The number of benzene rings is 3. The maximum atomic E-state index is 13.7. The summed E-state index contributed by atoms with van der Waals surface area (Å²) in [5.41, 5.74) is 1.11. The van der Waals surface area contributed by atoms with Gasteiger partial charge < -0.3 is 24.7 Å². The second-order valence-electron chi connectivity index (χ2n) is 7.70. The van der Waals surface area contributed by atoms with Crippen LogP contribution >= 0.6 is 11.6 Å². The number of rotatable bonds is 7. The first-order valence-corrected chi connectivity index (χ1v) is 10.9. The smallest absolute Gasteiger partial charge is 0.549 e. The number of carboxylic acids is 1. The number of fused-ring (bicyclic) bond motifs is 1. The number of carbonyl (C=O) groups excluding carboxylic acids is 2. The first-order chi connectivity index (χ1) is 16.3. The predicted octanol–water partition coefficient (Wildman–Crippen LogP) is 1.00. The van der Waals surface area contributed by atoms with Crippen LogP contribution in [0.25, 0.3) is 0 Å². The SMILES string of the molecule is O=C(NCCc1ccc(F)cc1F)c1ccc(Oc2cc3c(cc2Cl)C(C(=O)[O-])CCO3)cc1.[Na+]. The van der Waals surface area contributed by atoms with Crippen LogP contribution in [0, 0.1) is 11.6 Å². The standard InChI is InChI=1S/C25H20ClF2NO5.Na/c26-20-12-19-18(25(31)32)8-10-33-22(19)13-23(20)34-17-5-2-15(3-6-17)24(30)29-9-7-14-1-4-16(27)11-21(14)28;/h1-6,11-13,18H,7-10H2,(H,29,30)(H,31,32);/q;+1/p-1. The van der Waals surface area contributed by atoms with Gasteiger partial charge in [-0.05, 0) is 54.8 Å². The topological polar surface area (TPSA) is 87.7 Å². The van der Waals surface area contributed by atoms with Crippen molar-refractivity contribution in [2.75, 3.05) is 13.2 Å². The molecule has 4 rings (SSSR count). The Labute approximate surface area is 227 Å². The van der Waals surface area contributed by atoms with Gasteiger partial charge in [-0.3, -0.25) is 4.79 Å². The van der Waals surface area contributed by atoms with Gasteiger partial charge >= 0.3 is 29.6 Å². The zero-order valence-corrected chi connectivity index (χ0v) is 21.5. The molecule has 0 fully saturated rings. The van der Waals surface area contributed by atoms with Gasteiger partial charge in [0, 0.05) is 41.7 Å². The Hall–Kier alpha value is -2.65. The molecule has 6 nitrogen and oxygen atoms in total. The summed E-state index contributed by atoms with van der Waals surface area (Å²) >= 11 is 6.28. The molecule has 0 radical (unpaired) electrons. The molecule has 1 aliphatic heterocycles. The number of nitrogens with one attached hydrogen (secondary N) is 1. The van der Waals surface area contributed by atoms with Crippen molar-refractivity contribution in [1.29, 1.82) is 0 Å². The van der Waals surface area contributed by atoms with Crippen molar-refractivity contribution >= 4 is 23.5 Å². The molecule has 1 amide bonds. The molecule has 1 N–H and O–H groups in total. The minimum absolute atomic E-state index is 0. The average molecular weight is 510 g/mol. The van der Waals surface area contributed by atoms with Crippen LogP contribution in [0.3, 0.4) is 0 Å². The second kappa shape index (κ2) is 11.9. The summed E-state index contributed by atoms with van der Waals surface area (Å²) in [4.78, 5) is 23.7. The van der Waals surface area contributed by atoms with Crippen LogP contribution in [0.2, 0.25) is 5.02 Å². The number of ether oxygens (including phenoxy) is 2. The monoisotopic (exact) mass is 509 g/mol. The minimum atomic E-state index is -1.19. The number of amides is 1. The molecule has 1 unspecified atom stereocenters. The maximum absolute atomic E-state index is 13.7. The van der Waals surface area contributed by atoms with E-state index in [1.54, 1.807) is 24.3 Å². The van der Waals surface area contributed by atoms with Gasteiger partial charge in [0.25, 0.3) is 5.91 Å². The number of carboxylic acid groups (broad SMARTS) is 1. The van der Waals surface area contributed by atoms with Crippen molar-refractivity contribution in [3.63, 3.8) is 0 Å². The van der Waals surface area contributed by atoms with Crippen molar-refractivity contribution in [3.05, 3.63) is 87.9 Å². The van der Waals surface area contributed by atoms with E-state index < -0.39 is 23.5 Å². The Balaban J connectivity index is 0.00000342. The Morgan fingerprint density at radius 3 is 2.54 bits per heavy atom. The number of aliphatic carboxylic acids is 1. The molecule has 0 saturated carbocycles. The molecule has 0 spiro atoms. The number of carbonyl (C=O) groups is 2. The van der Waals surface area contributed by atoms with Crippen LogP contribution in [-0.4, -0.2) is 25.0 Å². The van der Waals surface area contributed by atoms with Gasteiger partial charge in [-0.25, -0.2) is 8.78 Å². The summed E-state index contributed by atoms with van der Waals surface area (Å²) < 4.78 is 38.0. The minimum Gasteiger partial charge on any atom is -0.549 e. The van der Waals surface area contributed by atoms with Gasteiger partial charge in [0.15, 0.2) is 0 Å². The van der Waals surface area contributed by atoms with E-state index in [1.165, 1.54) is 24.3 Å². The molecule has 0 bridgehead atoms. The molecule has 1 heterocycles. The Morgan fingerprint density at radius 1 is 1.11 bits per heavy atom. The summed E-state index contributed by atoms with van der Waals surface area (Å²) in [5, 5.41) is 14.2. The van der Waals surface area contributed by atoms with Gasteiger partial charge in [-0.2, -0.15) is 0 Å². The van der Waals surface area contributed by atoms with Gasteiger partial charge in [0.1, 0.15) is 28.9 Å². The third-order valence-electron chi connectivity index (χ3n) is 5.43. The van der Waals surface area contributed by atoms with E-state index in [1.807, 2.05) is 0 Å². The normalized spacial score (nSPS) is 14.2. The summed E-state index contributed by atoms with van der Waals surface area (Å²) in [6.07, 6.45) is 0.519.